The van der Waals surface area contributed by atoms with E-state index < -0.39 is 10.0 Å². The van der Waals surface area contributed by atoms with Crippen LogP contribution in [-0.4, -0.2) is 8.42 Å². The molecule has 0 unspecified atom stereocenters. The molecule has 0 spiro atoms. The molecule has 0 aliphatic rings. The molecule has 0 aliphatic carbocycles. The second-order valence-electron chi connectivity index (χ2n) is 6.91. The third-order valence-electron chi connectivity index (χ3n) is 4.06. The van der Waals surface area contributed by atoms with E-state index in [1.165, 1.54) is 0 Å². The monoisotopic (exact) mass is 339 g/mol. The highest BCUT2D eigenvalue weighted by atomic mass is 32.2. The van der Waals surface area contributed by atoms with Crippen molar-refractivity contribution in [3.8, 4) is 0 Å². The molecule has 3 rings (SSSR count). The van der Waals surface area contributed by atoms with E-state index in [0.29, 0.717) is 5.69 Å². The molecule has 24 heavy (non-hydrogen) atoms. The molecule has 0 heterocycles. The molecule has 0 radical (unpaired) electrons. The molecule has 124 valence electrons. The highest BCUT2D eigenvalue weighted by Crippen LogP contribution is 2.27. The second-order valence-corrected chi connectivity index (χ2v) is 8.59. The molecular formula is C20H21NO2S. The lowest BCUT2D eigenvalue weighted by Crippen LogP contribution is -2.15. The quantitative estimate of drug-likeness (QED) is 0.735. The number of sulfonamides is 1. The Morgan fingerprint density at radius 3 is 2.08 bits per heavy atom. The molecule has 0 saturated heterocycles. The SMILES string of the molecule is CC(C)(C)c1ccc(S(=O)(=O)Nc2cccc3ccccc23)cc1. The van der Waals surface area contributed by atoms with Gasteiger partial charge in [0.15, 0.2) is 0 Å². The lowest BCUT2D eigenvalue weighted by atomic mass is 9.87. The summed E-state index contributed by atoms with van der Waals surface area (Å²) < 4.78 is 28.1. The molecule has 3 aromatic carbocycles. The number of anilines is 1. The topological polar surface area (TPSA) is 46.2 Å². The zero-order valence-electron chi connectivity index (χ0n) is 14.1. The van der Waals surface area contributed by atoms with Crippen LogP contribution in [0.4, 0.5) is 5.69 Å². The Kier molecular flexibility index (Phi) is 4.10. The maximum Gasteiger partial charge on any atom is 0.261 e. The molecule has 1 N–H and O–H groups in total. The van der Waals surface area contributed by atoms with E-state index in [1.807, 2.05) is 48.5 Å². The van der Waals surface area contributed by atoms with Gasteiger partial charge in [-0.1, -0.05) is 69.3 Å². The summed E-state index contributed by atoms with van der Waals surface area (Å²) in [6.45, 7) is 6.31. The number of hydrogen-bond acceptors (Lipinski definition) is 2. The Bertz CT molecular complexity index is 963. The fourth-order valence-electron chi connectivity index (χ4n) is 2.65. The summed E-state index contributed by atoms with van der Waals surface area (Å²) in [4.78, 5) is 0.267. The number of rotatable bonds is 3. The Labute approximate surface area is 143 Å². The van der Waals surface area contributed by atoms with Crippen molar-refractivity contribution in [1.82, 2.24) is 0 Å². The van der Waals surface area contributed by atoms with Crippen LogP contribution in [0.1, 0.15) is 26.3 Å². The first-order valence-electron chi connectivity index (χ1n) is 7.88. The Balaban J connectivity index is 1.96. The van der Waals surface area contributed by atoms with Gasteiger partial charge in [0.2, 0.25) is 0 Å². The molecule has 3 nitrogen and oxygen atoms in total. The fourth-order valence-corrected chi connectivity index (χ4v) is 3.73. The summed E-state index contributed by atoms with van der Waals surface area (Å²) in [6.07, 6.45) is 0. The first-order chi connectivity index (χ1) is 11.3. The van der Waals surface area contributed by atoms with Gasteiger partial charge in [0.05, 0.1) is 10.6 Å². The van der Waals surface area contributed by atoms with Crippen LogP contribution >= 0.6 is 0 Å². The maximum absolute atomic E-state index is 12.7. The summed E-state index contributed by atoms with van der Waals surface area (Å²) in [5.41, 5.74) is 1.69. The number of nitrogens with one attached hydrogen (secondary N) is 1. The van der Waals surface area contributed by atoms with Gasteiger partial charge >= 0.3 is 0 Å². The lowest BCUT2D eigenvalue weighted by molar-refractivity contribution is 0.587. The minimum Gasteiger partial charge on any atom is -0.279 e. The van der Waals surface area contributed by atoms with E-state index in [9.17, 15) is 8.42 Å². The van der Waals surface area contributed by atoms with Crippen LogP contribution in [0.3, 0.4) is 0 Å². The van der Waals surface area contributed by atoms with Crippen LogP contribution in [0.15, 0.2) is 71.6 Å². The van der Waals surface area contributed by atoms with E-state index in [4.69, 9.17) is 0 Å². The molecule has 0 aromatic heterocycles. The smallest absolute Gasteiger partial charge is 0.261 e. The zero-order chi connectivity index (χ0) is 17.4. The second kappa shape index (κ2) is 5.95. The van der Waals surface area contributed by atoms with E-state index in [-0.39, 0.29) is 10.3 Å². The minimum atomic E-state index is -3.62. The molecule has 0 fully saturated rings. The highest BCUT2D eigenvalue weighted by molar-refractivity contribution is 7.92. The predicted octanol–water partition coefficient (Wildman–Crippen LogP) is 4.94. The van der Waals surface area contributed by atoms with Gasteiger partial charge in [-0.05, 0) is 34.6 Å². The average molecular weight is 339 g/mol. The van der Waals surface area contributed by atoms with Crippen LogP contribution in [0.25, 0.3) is 10.8 Å². The van der Waals surface area contributed by atoms with Gasteiger partial charge < -0.3 is 0 Å². The summed E-state index contributed by atoms with van der Waals surface area (Å²) >= 11 is 0. The van der Waals surface area contributed by atoms with Crippen molar-refractivity contribution in [3.05, 3.63) is 72.3 Å². The van der Waals surface area contributed by atoms with Crippen LogP contribution in [0, 0.1) is 0 Å². The van der Waals surface area contributed by atoms with Crippen LogP contribution in [-0.2, 0) is 15.4 Å². The van der Waals surface area contributed by atoms with Crippen LogP contribution in [0.2, 0.25) is 0 Å². The fraction of sp³-hybridized carbons (Fsp3) is 0.200. The van der Waals surface area contributed by atoms with E-state index in [1.54, 1.807) is 18.2 Å². The number of fused-ring (bicyclic) bond motifs is 1. The van der Waals surface area contributed by atoms with Gasteiger partial charge in [-0.25, -0.2) is 8.42 Å². The summed E-state index contributed by atoms with van der Waals surface area (Å²) in [5.74, 6) is 0. The summed E-state index contributed by atoms with van der Waals surface area (Å²) in [6, 6.07) is 20.4. The zero-order valence-corrected chi connectivity index (χ0v) is 14.9. The molecule has 0 aliphatic heterocycles. The van der Waals surface area contributed by atoms with Crippen molar-refractivity contribution >= 4 is 26.5 Å². The molecule has 0 amide bonds. The third kappa shape index (κ3) is 3.29. The van der Waals surface area contributed by atoms with Crippen molar-refractivity contribution in [1.29, 1.82) is 0 Å². The summed E-state index contributed by atoms with van der Waals surface area (Å²) in [5, 5.41) is 1.88. The van der Waals surface area contributed by atoms with Crippen LogP contribution in [0.5, 0.6) is 0 Å². The van der Waals surface area contributed by atoms with Gasteiger partial charge in [-0.15, -0.1) is 0 Å². The lowest BCUT2D eigenvalue weighted by Gasteiger charge is -2.19. The van der Waals surface area contributed by atoms with Gasteiger partial charge in [-0.2, -0.15) is 0 Å². The van der Waals surface area contributed by atoms with Crippen molar-refractivity contribution in [3.63, 3.8) is 0 Å². The first-order valence-corrected chi connectivity index (χ1v) is 9.37. The van der Waals surface area contributed by atoms with E-state index in [2.05, 4.69) is 25.5 Å². The molecule has 0 saturated carbocycles. The third-order valence-corrected chi connectivity index (χ3v) is 5.45. The minimum absolute atomic E-state index is 0.00858. The number of benzene rings is 3. The van der Waals surface area contributed by atoms with E-state index >= 15 is 0 Å². The van der Waals surface area contributed by atoms with Gasteiger partial charge in [-0.3, -0.25) is 4.72 Å². The van der Waals surface area contributed by atoms with Gasteiger partial charge in [0.25, 0.3) is 10.0 Å². The highest BCUT2D eigenvalue weighted by Gasteiger charge is 2.18. The van der Waals surface area contributed by atoms with Crippen molar-refractivity contribution in [2.75, 3.05) is 4.72 Å². The molecule has 0 atom stereocenters. The molecular weight excluding hydrogens is 318 g/mol. The predicted molar refractivity (Wildman–Crippen MR) is 99.9 cm³/mol. The van der Waals surface area contributed by atoms with Gasteiger partial charge in [0, 0.05) is 5.39 Å². The molecule has 0 bridgehead atoms. The standard InChI is InChI=1S/C20H21NO2S/c1-20(2,3)16-11-13-17(14-12-16)24(22,23)21-19-10-6-8-15-7-4-5-9-18(15)19/h4-14,21H,1-3H3. The van der Waals surface area contributed by atoms with Crippen molar-refractivity contribution in [2.45, 2.75) is 31.1 Å². The van der Waals surface area contributed by atoms with Crippen molar-refractivity contribution < 1.29 is 8.42 Å². The number of hydrogen-bond donors (Lipinski definition) is 1. The van der Waals surface area contributed by atoms with Crippen LogP contribution < -0.4 is 4.72 Å². The normalized spacial score (nSPS) is 12.3. The largest absolute Gasteiger partial charge is 0.279 e. The molecule has 4 heteroatoms. The first kappa shape index (κ1) is 16.5. The van der Waals surface area contributed by atoms with E-state index in [0.717, 1.165) is 16.3 Å². The average Bonchev–Trinajstić information content (AvgIpc) is 2.54. The Hall–Kier alpha value is -2.33. The Morgan fingerprint density at radius 2 is 1.42 bits per heavy atom. The van der Waals surface area contributed by atoms with Gasteiger partial charge in [0.1, 0.15) is 0 Å². The maximum atomic E-state index is 12.7. The Morgan fingerprint density at radius 1 is 0.792 bits per heavy atom. The van der Waals surface area contributed by atoms with Crippen molar-refractivity contribution in [2.24, 2.45) is 0 Å². The molecule has 3 aromatic rings. The summed E-state index contributed by atoms with van der Waals surface area (Å²) in [7, 11) is -3.62.